The first-order valence-corrected chi connectivity index (χ1v) is 7.46. The van der Waals surface area contributed by atoms with Crippen LogP contribution in [0.1, 0.15) is 32.4 Å². The largest absolute Gasteiger partial charge is 0.444 e. The zero-order valence-electron chi connectivity index (χ0n) is 13.5. The number of ether oxygens (including phenoxy) is 2. The molecule has 1 saturated heterocycles. The number of hydrogen-bond acceptors (Lipinski definition) is 4. The van der Waals surface area contributed by atoms with Crippen LogP contribution >= 0.6 is 0 Å². The van der Waals surface area contributed by atoms with Gasteiger partial charge in [-0.2, -0.15) is 0 Å². The molecule has 23 heavy (non-hydrogen) atoms. The number of rotatable bonds is 2. The number of hydrogen-bond donors (Lipinski definition) is 1. The minimum absolute atomic E-state index is 0.179. The van der Waals surface area contributed by atoms with E-state index >= 15 is 0 Å². The first-order valence-electron chi connectivity index (χ1n) is 7.46. The van der Waals surface area contributed by atoms with Crippen molar-refractivity contribution in [2.75, 3.05) is 19.8 Å². The van der Waals surface area contributed by atoms with E-state index in [0.717, 1.165) is 18.2 Å². The third-order valence-corrected chi connectivity index (χ3v) is 3.48. The molecule has 2 N–H and O–H groups in total. The van der Waals surface area contributed by atoms with E-state index in [0.29, 0.717) is 13.2 Å². The molecule has 1 fully saturated rings. The molecular weight excluding hydrogens is 306 g/mol. The van der Waals surface area contributed by atoms with Gasteiger partial charge in [0.15, 0.2) is 0 Å². The summed E-state index contributed by atoms with van der Waals surface area (Å²) >= 11 is 0. The third kappa shape index (κ3) is 4.62. The molecule has 7 heteroatoms. The van der Waals surface area contributed by atoms with Gasteiger partial charge in [-0.05, 0) is 38.5 Å². The van der Waals surface area contributed by atoms with Gasteiger partial charge in [0.1, 0.15) is 17.2 Å². The summed E-state index contributed by atoms with van der Waals surface area (Å²) in [7, 11) is 0. The molecule has 0 aliphatic carbocycles. The monoisotopic (exact) mass is 328 g/mol. The summed E-state index contributed by atoms with van der Waals surface area (Å²) in [4.78, 5) is 13.8. The maximum Gasteiger partial charge on any atom is 0.410 e. The zero-order valence-corrected chi connectivity index (χ0v) is 13.5. The van der Waals surface area contributed by atoms with Crippen molar-refractivity contribution in [1.82, 2.24) is 4.90 Å². The van der Waals surface area contributed by atoms with Gasteiger partial charge in [-0.3, -0.25) is 4.90 Å². The summed E-state index contributed by atoms with van der Waals surface area (Å²) in [6, 6.07) is 1.76. The lowest BCUT2D eigenvalue weighted by Crippen LogP contribution is -2.54. The number of nitrogens with zero attached hydrogens (tertiary/aromatic N) is 1. The number of carbonyl (C=O) groups excluding carboxylic acids is 1. The zero-order chi connectivity index (χ0) is 17.2. The SMILES string of the molecule is CC(C)(C)OC(=O)N1CCOCC1C(N)c1cc(F)cc(F)c1. The van der Waals surface area contributed by atoms with E-state index in [1.54, 1.807) is 20.8 Å². The maximum atomic E-state index is 13.4. The van der Waals surface area contributed by atoms with Crippen molar-refractivity contribution in [3.05, 3.63) is 35.4 Å². The van der Waals surface area contributed by atoms with Crippen molar-refractivity contribution in [1.29, 1.82) is 0 Å². The van der Waals surface area contributed by atoms with Crippen molar-refractivity contribution < 1.29 is 23.0 Å². The van der Waals surface area contributed by atoms with Crippen molar-refractivity contribution >= 4 is 6.09 Å². The number of nitrogens with two attached hydrogens (primary N) is 1. The van der Waals surface area contributed by atoms with E-state index < -0.39 is 35.4 Å². The van der Waals surface area contributed by atoms with E-state index in [-0.39, 0.29) is 12.2 Å². The second-order valence-electron chi connectivity index (χ2n) is 6.54. The lowest BCUT2D eigenvalue weighted by Gasteiger charge is -2.39. The molecular formula is C16H22F2N2O3. The molecule has 2 unspecified atom stereocenters. The molecule has 1 amide bonds. The van der Waals surface area contributed by atoms with Crippen LogP contribution in [0.3, 0.4) is 0 Å². The fraction of sp³-hybridized carbons (Fsp3) is 0.562. The first-order chi connectivity index (χ1) is 10.7. The Morgan fingerprint density at radius 1 is 1.35 bits per heavy atom. The van der Waals surface area contributed by atoms with Crippen LogP contribution < -0.4 is 5.73 Å². The van der Waals surface area contributed by atoms with E-state index in [9.17, 15) is 13.6 Å². The summed E-state index contributed by atoms with van der Waals surface area (Å²) in [5.41, 5.74) is 5.76. The third-order valence-electron chi connectivity index (χ3n) is 3.48. The van der Waals surface area contributed by atoms with Crippen LogP contribution in [0, 0.1) is 11.6 Å². The van der Waals surface area contributed by atoms with Gasteiger partial charge >= 0.3 is 6.09 Å². The molecule has 0 bridgehead atoms. The number of carbonyl (C=O) groups is 1. The molecule has 1 aliphatic heterocycles. The van der Waals surface area contributed by atoms with E-state index in [4.69, 9.17) is 15.2 Å². The normalized spacial score (nSPS) is 20.3. The highest BCUT2D eigenvalue weighted by molar-refractivity contribution is 5.69. The van der Waals surface area contributed by atoms with E-state index in [1.807, 2.05) is 0 Å². The van der Waals surface area contributed by atoms with Crippen molar-refractivity contribution in [3.8, 4) is 0 Å². The highest BCUT2D eigenvalue weighted by Gasteiger charge is 2.35. The standard InChI is InChI=1S/C16H22F2N2O3/c1-16(2,3)23-15(21)20-4-5-22-9-13(20)14(19)10-6-11(17)8-12(18)7-10/h6-8,13-14H,4-5,9,19H2,1-3H3. The second-order valence-corrected chi connectivity index (χ2v) is 6.54. The molecule has 1 aromatic carbocycles. The summed E-state index contributed by atoms with van der Waals surface area (Å²) in [6.45, 7) is 6.15. The molecule has 5 nitrogen and oxygen atoms in total. The molecule has 2 atom stereocenters. The van der Waals surface area contributed by atoms with Crippen LogP contribution in [0.15, 0.2) is 18.2 Å². The fourth-order valence-corrected chi connectivity index (χ4v) is 2.46. The number of morpholine rings is 1. The Balaban J connectivity index is 2.21. The Morgan fingerprint density at radius 3 is 2.52 bits per heavy atom. The van der Waals surface area contributed by atoms with E-state index in [2.05, 4.69) is 0 Å². The van der Waals surface area contributed by atoms with Crippen molar-refractivity contribution in [2.24, 2.45) is 5.73 Å². The Bertz CT molecular complexity index is 555. The second kappa shape index (κ2) is 6.80. The highest BCUT2D eigenvalue weighted by atomic mass is 19.1. The molecule has 0 aromatic heterocycles. The minimum atomic E-state index is -0.784. The van der Waals surface area contributed by atoms with Gasteiger partial charge in [-0.25, -0.2) is 13.6 Å². The van der Waals surface area contributed by atoms with E-state index in [1.165, 1.54) is 4.90 Å². The Morgan fingerprint density at radius 2 is 1.96 bits per heavy atom. The van der Waals surface area contributed by atoms with Crippen LogP contribution in [0.2, 0.25) is 0 Å². The van der Waals surface area contributed by atoms with Crippen LogP contribution in [0.25, 0.3) is 0 Å². The number of halogens is 2. The lowest BCUT2D eigenvalue weighted by molar-refractivity contribution is -0.0382. The predicted octanol–water partition coefficient (Wildman–Crippen LogP) is 2.60. The highest BCUT2D eigenvalue weighted by Crippen LogP contribution is 2.25. The van der Waals surface area contributed by atoms with Gasteiger partial charge in [0.25, 0.3) is 0 Å². The molecule has 1 aromatic rings. The quantitative estimate of drug-likeness (QED) is 0.906. The molecule has 1 aliphatic rings. The predicted molar refractivity (Wildman–Crippen MR) is 80.8 cm³/mol. The molecule has 0 spiro atoms. The smallest absolute Gasteiger partial charge is 0.410 e. The van der Waals surface area contributed by atoms with Gasteiger partial charge < -0.3 is 15.2 Å². The van der Waals surface area contributed by atoms with Gasteiger partial charge in [0.2, 0.25) is 0 Å². The van der Waals surface area contributed by atoms with Crippen molar-refractivity contribution in [3.63, 3.8) is 0 Å². The molecule has 128 valence electrons. The topological polar surface area (TPSA) is 64.8 Å². The average Bonchev–Trinajstić information content (AvgIpc) is 2.43. The average molecular weight is 328 g/mol. The van der Waals surface area contributed by atoms with Crippen LogP contribution in [-0.4, -0.2) is 42.4 Å². The van der Waals surface area contributed by atoms with Gasteiger partial charge in [0.05, 0.1) is 25.3 Å². The summed E-state index contributed by atoms with van der Waals surface area (Å²) < 4.78 is 37.6. The summed E-state index contributed by atoms with van der Waals surface area (Å²) in [6.07, 6.45) is -0.516. The van der Waals surface area contributed by atoms with Crippen LogP contribution in [0.5, 0.6) is 0 Å². The summed E-state index contributed by atoms with van der Waals surface area (Å²) in [5.74, 6) is -1.42. The Labute approximate surface area is 134 Å². The fourth-order valence-electron chi connectivity index (χ4n) is 2.46. The van der Waals surface area contributed by atoms with Crippen molar-refractivity contribution in [2.45, 2.75) is 38.5 Å². The number of amides is 1. The molecule has 0 radical (unpaired) electrons. The Kier molecular flexibility index (Phi) is 5.21. The lowest BCUT2D eigenvalue weighted by atomic mass is 9.98. The Hall–Kier alpha value is -1.73. The van der Waals surface area contributed by atoms with Gasteiger partial charge in [-0.15, -0.1) is 0 Å². The van der Waals surface area contributed by atoms with Crippen LogP contribution in [-0.2, 0) is 9.47 Å². The maximum absolute atomic E-state index is 13.4. The molecule has 0 saturated carbocycles. The molecule has 1 heterocycles. The van der Waals surface area contributed by atoms with Gasteiger partial charge in [0, 0.05) is 12.6 Å². The summed E-state index contributed by atoms with van der Waals surface area (Å²) in [5, 5.41) is 0. The number of benzene rings is 1. The van der Waals surface area contributed by atoms with Gasteiger partial charge in [-0.1, -0.05) is 0 Å². The first kappa shape index (κ1) is 17.6. The minimum Gasteiger partial charge on any atom is -0.444 e. The van der Waals surface area contributed by atoms with Crippen LogP contribution in [0.4, 0.5) is 13.6 Å². The molecule has 2 rings (SSSR count).